The molecule has 0 aliphatic carbocycles. The number of hydrogen-bond donors (Lipinski definition) is 0. The highest BCUT2D eigenvalue weighted by atomic mass is 32.1. The van der Waals surface area contributed by atoms with Crippen LogP contribution < -0.4 is 0 Å². The predicted octanol–water partition coefficient (Wildman–Crippen LogP) is 4.06. The molecule has 0 radical (unpaired) electrons. The first-order valence-electron chi connectivity index (χ1n) is 7.81. The van der Waals surface area contributed by atoms with Crippen molar-refractivity contribution in [2.75, 3.05) is 26.4 Å². The number of hydrogen-bond acceptors (Lipinski definition) is 5. The third-order valence-electron chi connectivity index (χ3n) is 3.31. The minimum Gasteiger partial charge on any atom is -0.493 e. The van der Waals surface area contributed by atoms with Gasteiger partial charge in [-0.05, 0) is 39.8 Å². The maximum Gasteiger partial charge on any atom is 0.410 e. The minimum atomic E-state index is -0.510. The molecule has 5 nitrogen and oxygen atoms in total. The summed E-state index contributed by atoms with van der Waals surface area (Å²) in [7, 11) is 0. The van der Waals surface area contributed by atoms with Gasteiger partial charge in [-0.2, -0.15) is 0 Å². The Morgan fingerprint density at radius 2 is 2.22 bits per heavy atom. The normalized spacial score (nSPS) is 18.6. The second-order valence-corrected chi connectivity index (χ2v) is 7.44. The number of nitrogens with zero attached hydrogens (tertiary/aromatic N) is 1. The second-order valence-electron chi connectivity index (χ2n) is 6.32. The molecular formula is C17H25NO4S. The van der Waals surface area contributed by atoms with E-state index in [0.29, 0.717) is 32.1 Å². The smallest absolute Gasteiger partial charge is 0.410 e. The lowest BCUT2D eigenvalue weighted by Crippen LogP contribution is -2.45. The first-order chi connectivity index (χ1) is 10.8. The maximum atomic E-state index is 12.5. The van der Waals surface area contributed by atoms with Gasteiger partial charge < -0.3 is 14.2 Å². The lowest BCUT2D eigenvalue weighted by atomic mass is 10.2. The monoisotopic (exact) mass is 339 g/mol. The maximum absolute atomic E-state index is 12.5. The number of carbonyl (C=O) groups is 1. The number of ether oxygens (including phenoxy) is 3. The van der Waals surface area contributed by atoms with E-state index in [2.05, 4.69) is 6.58 Å². The fourth-order valence-electron chi connectivity index (χ4n) is 2.31. The van der Waals surface area contributed by atoms with Crippen LogP contribution in [-0.2, 0) is 14.2 Å². The molecule has 1 unspecified atom stereocenters. The van der Waals surface area contributed by atoms with Gasteiger partial charge in [-0.3, -0.25) is 4.90 Å². The highest BCUT2D eigenvalue weighted by molar-refractivity contribution is 7.13. The van der Waals surface area contributed by atoms with Crippen molar-refractivity contribution in [3.63, 3.8) is 0 Å². The van der Waals surface area contributed by atoms with Crippen LogP contribution in [0.3, 0.4) is 0 Å². The van der Waals surface area contributed by atoms with Gasteiger partial charge >= 0.3 is 6.09 Å². The molecule has 1 saturated heterocycles. The molecule has 0 saturated carbocycles. The van der Waals surface area contributed by atoms with Crippen molar-refractivity contribution in [2.24, 2.45) is 0 Å². The molecule has 1 amide bonds. The average Bonchev–Trinajstić information content (AvgIpc) is 2.95. The molecule has 0 N–H and O–H groups in total. The summed E-state index contributed by atoms with van der Waals surface area (Å²) in [6.07, 6.45) is -0.301. The second kappa shape index (κ2) is 7.36. The van der Waals surface area contributed by atoms with Crippen LogP contribution in [0, 0.1) is 0 Å². The van der Waals surface area contributed by atoms with Gasteiger partial charge in [-0.25, -0.2) is 4.79 Å². The number of rotatable bonds is 4. The van der Waals surface area contributed by atoms with Crippen LogP contribution in [0.2, 0.25) is 0 Å². The van der Waals surface area contributed by atoms with E-state index in [4.69, 9.17) is 14.2 Å². The molecule has 128 valence electrons. The minimum absolute atomic E-state index is 0.133. The number of amides is 1. The zero-order chi connectivity index (χ0) is 17.0. The molecule has 2 rings (SSSR count). The Hall–Kier alpha value is -1.53. The van der Waals surface area contributed by atoms with Crippen molar-refractivity contribution in [3.05, 3.63) is 28.5 Å². The van der Waals surface area contributed by atoms with Crippen molar-refractivity contribution in [2.45, 2.75) is 39.3 Å². The molecular weight excluding hydrogens is 314 g/mol. The Morgan fingerprint density at radius 1 is 1.48 bits per heavy atom. The summed E-state index contributed by atoms with van der Waals surface area (Å²) < 4.78 is 16.5. The Bertz CT molecular complexity index is 561. The van der Waals surface area contributed by atoms with E-state index >= 15 is 0 Å². The molecule has 0 spiro atoms. The number of thiophene rings is 1. The van der Waals surface area contributed by atoms with Crippen molar-refractivity contribution < 1.29 is 19.0 Å². The molecule has 0 aromatic carbocycles. The van der Waals surface area contributed by atoms with Gasteiger partial charge in [-0.1, -0.05) is 6.58 Å². The van der Waals surface area contributed by atoms with Crippen molar-refractivity contribution >= 4 is 23.2 Å². The molecule has 1 atom stereocenters. The molecule has 1 aromatic heterocycles. The predicted molar refractivity (Wildman–Crippen MR) is 91.5 cm³/mol. The van der Waals surface area contributed by atoms with Crippen LogP contribution in [0.15, 0.2) is 18.7 Å². The van der Waals surface area contributed by atoms with Gasteiger partial charge in [0.2, 0.25) is 0 Å². The van der Waals surface area contributed by atoms with Gasteiger partial charge in [0, 0.05) is 11.4 Å². The molecule has 2 heterocycles. The summed E-state index contributed by atoms with van der Waals surface area (Å²) in [5.41, 5.74) is -0.510. The highest BCUT2D eigenvalue weighted by Crippen LogP contribution is 2.33. The topological polar surface area (TPSA) is 48.0 Å². The largest absolute Gasteiger partial charge is 0.493 e. The molecule has 1 aliphatic rings. The van der Waals surface area contributed by atoms with E-state index < -0.39 is 5.60 Å². The number of morpholine rings is 1. The van der Waals surface area contributed by atoms with E-state index in [1.165, 1.54) is 0 Å². The van der Waals surface area contributed by atoms with Gasteiger partial charge in [0.05, 0.1) is 30.7 Å². The average molecular weight is 339 g/mol. The fraction of sp³-hybridized carbons (Fsp3) is 0.588. The summed E-state index contributed by atoms with van der Waals surface area (Å²) in [6.45, 7) is 13.6. The third kappa shape index (κ3) is 4.72. The summed E-state index contributed by atoms with van der Waals surface area (Å²) >= 11 is 1.57. The Morgan fingerprint density at radius 3 is 2.87 bits per heavy atom. The van der Waals surface area contributed by atoms with Crippen LogP contribution >= 0.6 is 11.3 Å². The van der Waals surface area contributed by atoms with Crippen LogP contribution in [-0.4, -0.2) is 43.0 Å². The van der Waals surface area contributed by atoms with Gasteiger partial charge in [0.25, 0.3) is 0 Å². The zero-order valence-electron chi connectivity index (χ0n) is 14.3. The molecule has 1 fully saturated rings. The lowest BCUT2D eigenvalue weighted by molar-refractivity contribution is -0.0322. The van der Waals surface area contributed by atoms with E-state index in [0.717, 1.165) is 9.75 Å². The summed E-state index contributed by atoms with van der Waals surface area (Å²) in [5, 5.41) is 0. The van der Waals surface area contributed by atoms with Crippen LogP contribution in [0.5, 0.6) is 0 Å². The lowest BCUT2D eigenvalue weighted by Gasteiger charge is -2.36. The zero-order valence-corrected chi connectivity index (χ0v) is 15.1. The summed E-state index contributed by atoms with van der Waals surface area (Å²) in [6, 6.07) is 3.84. The van der Waals surface area contributed by atoms with Crippen molar-refractivity contribution in [1.82, 2.24) is 4.90 Å². The van der Waals surface area contributed by atoms with E-state index in [1.807, 2.05) is 39.8 Å². The standard InChI is InChI=1S/C17H25NO4S/c1-6-21-12(2)14-7-8-15(23-14)13-11-20-10-9-18(13)16(19)22-17(3,4)5/h7-8,13H,2,6,9-11H2,1,3-5H3. The van der Waals surface area contributed by atoms with Gasteiger partial charge in [0.15, 0.2) is 0 Å². The van der Waals surface area contributed by atoms with Crippen LogP contribution in [0.25, 0.3) is 5.76 Å². The molecule has 1 aliphatic heterocycles. The van der Waals surface area contributed by atoms with Gasteiger partial charge in [0.1, 0.15) is 11.4 Å². The SMILES string of the molecule is C=C(OCC)c1ccc(C2COCCN2C(=O)OC(C)(C)C)s1. The summed E-state index contributed by atoms with van der Waals surface area (Å²) in [4.78, 5) is 16.2. The Kier molecular flexibility index (Phi) is 5.70. The molecule has 6 heteroatoms. The third-order valence-corrected chi connectivity index (χ3v) is 4.53. The van der Waals surface area contributed by atoms with Crippen LogP contribution in [0.4, 0.5) is 4.79 Å². The Balaban J connectivity index is 2.15. The molecule has 23 heavy (non-hydrogen) atoms. The fourth-order valence-corrected chi connectivity index (χ4v) is 3.34. The summed E-state index contributed by atoms with van der Waals surface area (Å²) in [5.74, 6) is 0.657. The van der Waals surface area contributed by atoms with E-state index in [9.17, 15) is 4.79 Å². The van der Waals surface area contributed by atoms with Crippen molar-refractivity contribution in [3.8, 4) is 0 Å². The first-order valence-corrected chi connectivity index (χ1v) is 8.62. The number of carbonyl (C=O) groups excluding carboxylic acids is 1. The molecule has 0 bridgehead atoms. The Labute approximate surface area is 141 Å². The highest BCUT2D eigenvalue weighted by Gasteiger charge is 2.33. The van der Waals surface area contributed by atoms with Crippen LogP contribution in [0.1, 0.15) is 43.5 Å². The molecule has 1 aromatic rings. The van der Waals surface area contributed by atoms with Crippen molar-refractivity contribution in [1.29, 1.82) is 0 Å². The van der Waals surface area contributed by atoms with E-state index in [1.54, 1.807) is 16.2 Å². The van der Waals surface area contributed by atoms with E-state index in [-0.39, 0.29) is 12.1 Å². The first kappa shape index (κ1) is 17.8. The quantitative estimate of drug-likeness (QED) is 0.776. The van der Waals surface area contributed by atoms with Gasteiger partial charge in [-0.15, -0.1) is 11.3 Å².